The zero-order chi connectivity index (χ0) is 19.6. The van der Waals surface area contributed by atoms with Crippen LogP contribution in [0.1, 0.15) is 0 Å². The second-order valence-corrected chi connectivity index (χ2v) is 6.16. The number of benzene rings is 2. The largest absolute Gasteiger partial charge is 0.497 e. The van der Waals surface area contributed by atoms with Crippen LogP contribution in [0.4, 0.5) is 11.6 Å². The lowest BCUT2D eigenvalue weighted by Gasteiger charge is -2.07. The van der Waals surface area contributed by atoms with Crippen LogP contribution in [0, 0.1) is 0 Å². The highest BCUT2D eigenvalue weighted by Crippen LogP contribution is 2.22. The van der Waals surface area contributed by atoms with Gasteiger partial charge in [0.15, 0.2) is 5.65 Å². The summed E-state index contributed by atoms with van der Waals surface area (Å²) >= 11 is 0. The number of rotatable bonds is 5. The standard InChI is InChI=1S/C19H15N9O/c1-29-16-8-6-15(7-9-16)28-18-13(11-21-28)10-20-19(23-18)22-14-4-2-12(3-5-14)17-24-26-27-25-17/h2-11H,1H3,(H,20,22,23)(H,24,25,26,27). The van der Waals surface area contributed by atoms with E-state index in [1.54, 1.807) is 24.2 Å². The second kappa shape index (κ2) is 7.00. The third kappa shape index (κ3) is 3.23. The maximum atomic E-state index is 5.21. The van der Waals surface area contributed by atoms with E-state index >= 15 is 0 Å². The van der Waals surface area contributed by atoms with Crippen LogP contribution in [-0.2, 0) is 0 Å². The highest BCUT2D eigenvalue weighted by molar-refractivity contribution is 5.77. The summed E-state index contributed by atoms with van der Waals surface area (Å²) in [6, 6.07) is 15.2. The van der Waals surface area contributed by atoms with Crippen LogP contribution in [0.25, 0.3) is 28.1 Å². The van der Waals surface area contributed by atoms with Crippen LogP contribution in [0.5, 0.6) is 5.75 Å². The minimum atomic E-state index is 0.472. The van der Waals surface area contributed by atoms with Crippen molar-refractivity contribution in [2.75, 3.05) is 12.4 Å². The quantitative estimate of drug-likeness (QED) is 0.474. The van der Waals surface area contributed by atoms with Crippen LogP contribution >= 0.6 is 0 Å². The molecular formula is C19H15N9O. The minimum absolute atomic E-state index is 0.472. The van der Waals surface area contributed by atoms with Gasteiger partial charge in [-0.15, -0.1) is 10.2 Å². The second-order valence-electron chi connectivity index (χ2n) is 6.16. The van der Waals surface area contributed by atoms with Crippen molar-refractivity contribution in [1.29, 1.82) is 0 Å². The molecule has 0 radical (unpaired) electrons. The van der Waals surface area contributed by atoms with E-state index in [0.717, 1.165) is 28.1 Å². The average Bonchev–Trinajstić information content (AvgIpc) is 3.44. The SMILES string of the molecule is COc1ccc(-n2ncc3cnc(Nc4ccc(-c5nn[nH]n5)cc4)nc32)cc1. The van der Waals surface area contributed by atoms with Crippen LogP contribution in [0.2, 0.25) is 0 Å². The molecule has 29 heavy (non-hydrogen) atoms. The van der Waals surface area contributed by atoms with Crippen molar-refractivity contribution in [2.45, 2.75) is 0 Å². The van der Waals surface area contributed by atoms with E-state index in [4.69, 9.17) is 4.74 Å². The first-order chi connectivity index (χ1) is 14.3. The molecule has 0 amide bonds. The van der Waals surface area contributed by atoms with Crippen LogP contribution in [0.3, 0.4) is 0 Å². The number of fused-ring (bicyclic) bond motifs is 1. The molecule has 3 aromatic heterocycles. The Morgan fingerprint density at radius 3 is 2.55 bits per heavy atom. The molecular weight excluding hydrogens is 370 g/mol. The van der Waals surface area contributed by atoms with E-state index in [-0.39, 0.29) is 0 Å². The molecule has 3 heterocycles. The van der Waals surface area contributed by atoms with Gasteiger partial charge in [-0.1, -0.05) is 0 Å². The minimum Gasteiger partial charge on any atom is -0.497 e. The van der Waals surface area contributed by atoms with Gasteiger partial charge >= 0.3 is 0 Å². The predicted octanol–water partition coefficient (Wildman–Crippen LogP) is 2.75. The lowest BCUT2D eigenvalue weighted by molar-refractivity contribution is 0.414. The zero-order valence-electron chi connectivity index (χ0n) is 15.3. The van der Waals surface area contributed by atoms with Gasteiger partial charge in [-0.05, 0) is 53.7 Å². The average molecular weight is 385 g/mol. The Labute approximate surface area is 164 Å². The highest BCUT2D eigenvalue weighted by Gasteiger charge is 2.09. The van der Waals surface area contributed by atoms with Gasteiger partial charge in [-0.3, -0.25) is 0 Å². The monoisotopic (exact) mass is 385 g/mol. The predicted molar refractivity (Wildman–Crippen MR) is 106 cm³/mol. The third-order valence-corrected chi connectivity index (χ3v) is 4.37. The molecule has 2 aromatic carbocycles. The van der Waals surface area contributed by atoms with Crippen LogP contribution in [-0.4, -0.2) is 47.5 Å². The van der Waals surface area contributed by atoms with E-state index in [1.165, 1.54) is 0 Å². The molecule has 0 aliphatic rings. The Kier molecular flexibility index (Phi) is 4.06. The smallest absolute Gasteiger partial charge is 0.229 e. The fourth-order valence-corrected chi connectivity index (χ4v) is 2.91. The molecule has 2 N–H and O–H groups in total. The Balaban J connectivity index is 1.43. The Morgan fingerprint density at radius 2 is 1.83 bits per heavy atom. The molecule has 0 aliphatic heterocycles. The van der Waals surface area contributed by atoms with Crippen LogP contribution in [0.15, 0.2) is 60.9 Å². The summed E-state index contributed by atoms with van der Waals surface area (Å²) in [5.41, 5.74) is 3.29. The first kappa shape index (κ1) is 16.8. The highest BCUT2D eigenvalue weighted by atomic mass is 16.5. The van der Waals surface area contributed by atoms with Gasteiger partial charge in [0.05, 0.1) is 24.4 Å². The summed E-state index contributed by atoms with van der Waals surface area (Å²) in [7, 11) is 1.64. The molecule has 0 atom stereocenters. The molecule has 0 saturated carbocycles. The van der Waals surface area contributed by atoms with Gasteiger partial charge in [0.2, 0.25) is 11.8 Å². The molecule has 5 aromatic rings. The fourth-order valence-electron chi connectivity index (χ4n) is 2.91. The van der Waals surface area contributed by atoms with Crippen molar-refractivity contribution in [3.63, 3.8) is 0 Å². The maximum absolute atomic E-state index is 5.21. The van der Waals surface area contributed by atoms with Crippen molar-refractivity contribution < 1.29 is 4.74 Å². The Hall–Kier alpha value is -4.34. The van der Waals surface area contributed by atoms with Gasteiger partial charge in [0.1, 0.15) is 5.75 Å². The normalized spacial score (nSPS) is 10.9. The summed E-state index contributed by atoms with van der Waals surface area (Å²) in [6.07, 6.45) is 3.48. The molecule has 10 heteroatoms. The number of nitrogens with one attached hydrogen (secondary N) is 2. The zero-order valence-corrected chi connectivity index (χ0v) is 15.3. The Bertz CT molecular complexity index is 1250. The van der Waals surface area contributed by atoms with Crippen molar-refractivity contribution >= 4 is 22.7 Å². The molecule has 0 fully saturated rings. The molecule has 10 nitrogen and oxygen atoms in total. The lowest BCUT2D eigenvalue weighted by Crippen LogP contribution is -2.01. The summed E-state index contributed by atoms with van der Waals surface area (Å²) in [5, 5.41) is 22.4. The number of tetrazole rings is 1. The van der Waals surface area contributed by atoms with Gasteiger partial charge in [-0.25, -0.2) is 9.67 Å². The van der Waals surface area contributed by atoms with Gasteiger partial charge in [0.25, 0.3) is 0 Å². The number of methoxy groups -OCH3 is 1. The molecule has 5 rings (SSSR count). The number of hydrogen-bond donors (Lipinski definition) is 2. The van der Waals surface area contributed by atoms with Crippen molar-refractivity contribution in [1.82, 2.24) is 40.4 Å². The number of aromatic amines is 1. The number of nitrogens with zero attached hydrogens (tertiary/aromatic N) is 7. The topological polar surface area (TPSA) is 119 Å². The van der Waals surface area contributed by atoms with Crippen molar-refractivity contribution in [2.24, 2.45) is 0 Å². The summed E-state index contributed by atoms with van der Waals surface area (Å²) in [4.78, 5) is 9.00. The van der Waals surface area contributed by atoms with Crippen LogP contribution < -0.4 is 10.1 Å². The summed E-state index contributed by atoms with van der Waals surface area (Å²) < 4.78 is 6.98. The number of anilines is 2. The Morgan fingerprint density at radius 1 is 1.00 bits per heavy atom. The molecule has 142 valence electrons. The maximum Gasteiger partial charge on any atom is 0.229 e. The molecule has 0 saturated heterocycles. The number of ether oxygens (including phenoxy) is 1. The van der Waals surface area contributed by atoms with Gasteiger partial charge in [0, 0.05) is 17.4 Å². The van der Waals surface area contributed by atoms with E-state index in [0.29, 0.717) is 17.4 Å². The van der Waals surface area contributed by atoms with Crippen molar-refractivity contribution in [3.8, 4) is 22.8 Å². The van der Waals surface area contributed by atoms with Gasteiger partial charge in [-0.2, -0.15) is 15.3 Å². The third-order valence-electron chi connectivity index (χ3n) is 4.37. The van der Waals surface area contributed by atoms with Gasteiger partial charge < -0.3 is 10.1 Å². The van der Waals surface area contributed by atoms with E-state index in [9.17, 15) is 0 Å². The summed E-state index contributed by atoms with van der Waals surface area (Å²) in [5.74, 6) is 1.80. The van der Waals surface area contributed by atoms with E-state index in [2.05, 4.69) is 41.0 Å². The number of aromatic nitrogens is 8. The molecule has 0 unspecified atom stereocenters. The fraction of sp³-hybridized carbons (Fsp3) is 0.0526. The number of H-pyrrole nitrogens is 1. The van der Waals surface area contributed by atoms with Crippen molar-refractivity contribution in [3.05, 3.63) is 60.9 Å². The van der Waals surface area contributed by atoms with E-state index in [1.807, 2.05) is 48.5 Å². The molecule has 0 spiro atoms. The number of hydrogen-bond acceptors (Lipinski definition) is 8. The summed E-state index contributed by atoms with van der Waals surface area (Å²) in [6.45, 7) is 0. The molecule has 0 aliphatic carbocycles. The van der Waals surface area contributed by atoms with E-state index < -0.39 is 0 Å². The lowest BCUT2D eigenvalue weighted by atomic mass is 10.2. The molecule has 0 bridgehead atoms. The first-order valence-electron chi connectivity index (χ1n) is 8.76. The first-order valence-corrected chi connectivity index (χ1v) is 8.76.